The van der Waals surface area contributed by atoms with E-state index in [4.69, 9.17) is 9.47 Å². The lowest BCUT2D eigenvalue weighted by Gasteiger charge is -2.32. The number of ether oxygens (including phenoxy) is 2. The molecule has 1 amide bonds. The molecule has 1 atom stereocenters. The minimum Gasteiger partial charge on any atom is -0.485 e. The molecule has 0 aliphatic carbocycles. The van der Waals surface area contributed by atoms with Crippen molar-refractivity contribution in [1.29, 1.82) is 0 Å². The van der Waals surface area contributed by atoms with Gasteiger partial charge in [0.05, 0.1) is 5.69 Å². The molecule has 0 saturated carbocycles. The predicted octanol–water partition coefficient (Wildman–Crippen LogP) is 2.76. The molecule has 7 heteroatoms. The fourth-order valence-electron chi connectivity index (χ4n) is 3.13. The maximum atomic E-state index is 12.6. The van der Waals surface area contributed by atoms with E-state index < -0.39 is 17.9 Å². The van der Waals surface area contributed by atoms with Crippen molar-refractivity contribution < 1.29 is 29.0 Å². The van der Waals surface area contributed by atoms with Crippen LogP contribution in [0.2, 0.25) is 0 Å². The molecular formula is C21H21NO6. The van der Waals surface area contributed by atoms with Crippen LogP contribution in [0.25, 0.3) is 0 Å². The van der Waals surface area contributed by atoms with Crippen molar-refractivity contribution in [1.82, 2.24) is 0 Å². The summed E-state index contributed by atoms with van der Waals surface area (Å²) in [6.07, 6.45) is 0. The van der Waals surface area contributed by atoms with Gasteiger partial charge in [0.2, 0.25) is 0 Å². The third-order valence-corrected chi connectivity index (χ3v) is 4.47. The zero-order valence-electron chi connectivity index (χ0n) is 15.9. The molecule has 0 spiro atoms. The summed E-state index contributed by atoms with van der Waals surface area (Å²) in [7, 11) is 0. The summed E-state index contributed by atoms with van der Waals surface area (Å²) in [4.78, 5) is 37.3. The van der Waals surface area contributed by atoms with Gasteiger partial charge in [0.25, 0.3) is 5.91 Å². The van der Waals surface area contributed by atoms with Crippen LogP contribution in [0.5, 0.6) is 11.5 Å². The molecule has 0 fully saturated rings. The highest BCUT2D eigenvalue weighted by Gasteiger charge is 2.33. The Bertz CT molecular complexity index is 932. The van der Waals surface area contributed by atoms with Crippen LogP contribution >= 0.6 is 0 Å². The molecule has 0 saturated heterocycles. The zero-order valence-corrected chi connectivity index (χ0v) is 15.9. The number of ketones is 1. The Labute approximate surface area is 162 Å². The molecule has 2 aromatic carbocycles. The molecule has 2 aromatic rings. The Morgan fingerprint density at radius 2 is 1.86 bits per heavy atom. The van der Waals surface area contributed by atoms with E-state index in [0.29, 0.717) is 17.1 Å². The van der Waals surface area contributed by atoms with Gasteiger partial charge < -0.3 is 14.6 Å². The molecule has 1 unspecified atom stereocenters. The highest BCUT2D eigenvalue weighted by molar-refractivity contribution is 6.05. The minimum absolute atomic E-state index is 0.176. The molecule has 28 heavy (non-hydrogen) atoms. The number of nitrogens with zero attached hydrogens (tertiary/aromatic N) is 1. The molecule has 7 nitrogen and oxygen atoms in total. The van der Waals surface area contributed by atoms with E-state index in [1.807, 2.05) is 32.0 Å². The second-order valence-corrected chi connectivity index (χ2v) is 6.78. The second kappa shape index (κ2) is 7.72. The quantitative estimate of drug-likeness (QED) is 0.771. The van der Waals surface area contributed by atoms with Gasteiger partial charge >= 0.3 is 5.97 Å². The number of hydrogen-bond donors (Lipinski definition) is 1. The van der Waals surface area contributed by atoms with Crippen LogP contribution in [0.15, 0.2) is 36.4 Å². The van der Waals surface area contributed by atoms with E-state index in [9.17, 15) is 19.5 Å². The van der Waals surface area contributed by atoms with E-state index >= 15 is 0 Å². The number of aryl methyl sites for hydroxylation is 2. The first-order valence-electron chi connectivity index (χ1n) is 8.82. The number of carbonyl (C=O) groups excluding carboxylic acids is 2. The van der Waals surface area contributed by atoms with E-state index in [0.717, 1.165) is 16.0 Å². The number of anilines is 1. The molecule has 1 heterocycles. The van der Waals surface area contributed by atoms with E-state index in [-0.39, 0.29) is 24.7 Å². The number of hydrogen-bond acceptors (Lipinski definition) is 5. The Hall–Kier alpha value is -3.35. The Balaban J connectivity index is 1.82. The Kier molecular flexibility index (Phi) is 5.35. The highest BCUT2D eigenvalue weighted by Crippen LogP contribution is 2.34. The van der Waals surface area contributed by atoms with Gasteiger partial charge in [-0.3, -0.25) is 14.5 Å². The monoisotopic (exact) mass is 383 g/mol. The topological polar surface area (TPSA) is 93.1 Å². The van der Waals surface area contributed by atoms with E-state index in [2.05, 4.69) is 0 Å². The van der Waals surface area contributed by atoms with Gasteiger partial charge in [0.1, 0.15) is 17.5 Å². The first-order valence-corrected chi connectivity index (χ1v) is 8.82. The Morgan fingerprint density at radius 1 is 1.18 bits per heavy atom. The fraction of sp³-hybridized carbons (Fsp3) is 0.286. The van der Waals surface area contributed by atoms with Crippen LogP contribution in [0.1, 0.15) is 28.4 Å². The first kappa shape index (κ1) is 19.4. The maximum absolute atomic E-state index is 12.6. The van der Waals surface area contributed by atoms with Gasteiger partial charge in [-0.05, 0) is 62.2 Å². The number of fused-ring (bicyclic) bond motifs is 1. The molecule has 1 N–H and O–H groups in total. The number of amides is 1. The van der Waals surface area contributed by atoms with E-state index in [1.54, 1.807) is 12.1 Å². The zero-order chi connectivity index (χ0) is 20.4. The SMILES string of the molecule is Cc1cc(C)cc(OCC(=O)c2ccc3c(c2)N(C(C)C(=O)O)C(=O)CO3)c1. The van der Waals surface area contributed by atoms with Crippen molar-refractivity contribution in [3.05, 3.63) is 53.1 Å². The van der Waals surface area contributed by atoms with Crippen LogP contribution < -0.4 is 14.4 Å². The lowest BCUT2D eigenvalue weighted by Crippen LogP contribution is -2.48. The van der Waals surface area contributed by atoms with Gasteiger partial charge in [-0.1, -0.05) is 6.07 Å². The first-order chi connectivity index (χ1) is 13.3. The number of benzene rings is 2. The summed E-state index contributed by atoms with van der Waals surface area (Å²) in [5.74, 6) is -0.944. The lowest BCUT2D eigenvalue weighted by molar-refractivity contribution is -0.140. The van der Waals surface area contributed by atoms with Crippen LogP contribution in [-0.4, -0.2) is 42.0 Å². The van der Waals surface area contributed by atoms with Crippen molar-refractivity contribution in [3.8, 4) is 11.5 Å². The summed E-state index contributed by atoms with van der Waals surface area (Å²) in [5, 5.41) is 9.29. The summed E-state index contributed by atoms with van der Waals surface area (Å²) >= 11 is 0. The van der Waals surface area contributed by atoms with Crippen LogP contribution in [0.3, 0.4) is 0 Å². The summed E-state index contributed by atoms with van der Waals surface area (Å²) in [5.41, 5.74) is 2.64. The average molecular weight is 383 g/mol. The molecule has 0 bridgehead atoms. The van der Waals surface area contributed by atoms with Crippen molar-refractivity contribution in [2.45, 2.75) is 26.8 Å². The summed E-state index contributed by atoms with van der Waals surface area (Å²) in [6, 6.07) is 9.23. The van der Waals surface area contributed by atoms with Crippen molar-refractivity contribution in [2.24, 2.45) is 0 Å². The molecule has 146 valence electrons. The fourth-order valence-corrected chi connectivity index (χ4v) is 3.13. The third-order valence-electron chi connectivity index (χ3n) is 4.47. The van der Waals surface area contributed by atoms with Crippen molar-refractivity contribution >= 4 is 23.3 Å². The predicted molar refractivity (Wildman–Crippen MR) is 102 cm³/mol. The van der Waals surface area contributed by atoms with Gasteiger partial charge in [-0.15, -0.1) is 0 Å². The number of carbonyl (C=O) groups is 3. The molecule has 1 aliphatic heterocycles. The minimum atomic E-state index is -1.14. The Morgan fingerprint density at radius 3 is 2.50 bits per heavy atom. The number of aliphatic carboxylic acids is 1. The molecule has 1 aliphatic rings. The lowest BCUT2D eigenvalue weighted by atomic mass is 10.1. The van der Waals surface area contributed by atoms with Gasteiger partial charge in [-0.25, -0.2) is 4.79 Å². The normalized spacial score (nSPS) is 14.1. The van der Waals surface area contributed by atoms with Crippen molar-refractivity contribution in [3.63, 3.8) is 0 Å². The summed E-state index contributed by atoms with van der Waals surface area (Å²) < 4.78 is 11.0. The summed E-state index contributed by atoms with van der Waals surface area (Å²) in [6.45, 7) is 4.88. The van der Waals surface area contributed by atoms with Gasteiger partial charge in [0.15, 0.2) is 19.0 Å². The standard InChI is InChI=1S/C21H21NO6/c1-12-6-13(2)8-16(7-12)27-10-18(23)15-4-5-19-17(9-15)22(14(3)21(25)26)20(24)11-28-19/h4-9,14H,10-11H2,1-3H3,(H,25,26). The largest absolute Gasteiger partial charge is 0.485 e. The number of rotatable bonds is 6. The van der Waals surface area contributed by atoms with E-state index in [1.165, 1.54) is 13.0 Å². The molecular weight excluding hydrogens is 362 g/mol. The van der Waals surface area contributed by atoms with Crippen molar-refractivity contribution in [2.75, 3.05) is 18.1 Å². The molecule has 0 radical (unpaired) electrons. The molecule has 0 aromatic heterocycles. The number of carboxylic acids is 1. The van der Waals surface area contributed by atoms with Crippen LogP contribution in [-0.2, 0) is 9.59 Å². The van der Waals surface area contributed by atoms with Crippen LogP contribution in [0.4, 0.5) is 5.69 Å². The molecule has 3 rings (SSSR count). The van der Waals surface area contributed by atoms with Gasteiger partial charge in [-0.2, -0.15) is 0 Å². The second-order valence-electron chi connectivity index (χ2n) is 6.78. The maximum Gasteiger partial charge on any atom is 0.326 e. The third kappa shape index (κ3) is 3.98. The smallest absolute Gasteiger partial charge is 0.326 e. The average Bonchev–Trinajstić information content (AvgIpc) is 2.64. The number of Topliss-reactive ketones (excluding diaryl/α,β-unsaturated/α-hetero) is 1. The van der Waals surface area contributed by atoms with Gasteiger partial charge in [0, 0.05) is 5.56 Å². The van der Waals surface area contributed by atoms with Crippen LogP contribution in [0, 0.1) is 13.8 Å². The highest BCUT2D eigenvalue weighted by atomic mass is 16.5. The number of carboxylic acid groups (broad SMARTS) is 1.